The van der Waals surface area contributed by atoms with Gasteiger partial charge in [0.05, 0.1) is 29.6 Å². The zero-order chi connectivity index (χ0) is 21.7. The average Bonchev–Trinajstić information content (AvgIpc) is 2.99. The molecule has 1 saturated heterocycles. The summed E-state index contributed by atoms with van der Waals surface area (Å²) >= 11 is 4.31. The van der Waals surface area contributed by atoms with Crippen molar-refractivity contribution in [3.8, 4) is 11.5 Å². The van der Waals surface area contributed by atoms with E-state index in [0.717, 1.165) is 16.7 Å². The third kappa shape index (κ3) is 5.03. The Hall–Kier alpha value is -2.36. The number of ether oxygens (including phenoxy) is 3. The molecule has 0 unspecified atom stereocenters. The lowest BCUT2D eigenvalue weighted by Gasteiger charge is -2.14. The number of methoxy groups -OCH3 is 2. The molecule has 2 amide bonds. The number of halogens is 2. The van der Waals surface area contributed by atoms with Gasteiger partial charge >= 0.3 is 0 Å². The van der Waals surface area contributed by atoms with Crippen molar-refractivity contribution >= 4 is 44.9 Å². The molecule has 158 valence electrons. The van der Waals surface area contributed by atoms with Gasteiger partial charge in [-0.15, -0.1) is 0 Å². The fourth-order valence-corrected chi connectivity index (χ4v) is 4.19. The maximum atomic E-state index is 13.8. The summed E-state index contributed by atoms with van der Waals surface area (Å²) in [6, 6.07) is 9.78. The Balaban J connectivity index is 1.82. The minimum Gasteiger partial charge on any atom is -0.493 e. The number of hydrogen-bond acceptors (Lipinski definition) is 6. The smallest absolute Gasteiger partial charge is 0.293 e. The van der Waals surface area contributed by atoms with Gasteiger partial charge in [-0.3, -0.25) is 14.5 Å². The second-order valence-electron chi connectivity index (χ2n) is 6.24. The molecule has 0 atom stereocenters. The van der Waals surface area contributed by atoms with Gasteiger partial charge in [0.2, 0.25) is 0 Å². The van der Waals surface area contributed by atoms with Crippen LogP contribution in [0.25, 0.3) is 6.08 Å². The van der Waals surface area contributed by atoms with E-state index in [4.69, 9.17) is 14.2 Å². The first-order chi connectivity index (χ1) is 14.4. The number of hydrogen-bond donors (Lipinski definition) is 0. The number of nitrogens with zero attached hydrogens (tertiary/aromatic N) is 1. The maximum Gasteiger partial charge on any atom is 0.293 e. The van der Waals surface area contributed by atoms with Crippen LogP contribution in [0.2, 0.25) is 0 Å². The molecule has 9 heteroatoms. The molecule has 1 fully saturated rings. The van der Waals surface area contributed by atoms with E-state index in [-0.39, 0.29) is 36.7 Å². The predicted octanol–water partition coefficient (Wildman–Crippen LogP) is 4.86. The molecule has 30 heavy (non-hydrogen) atoms. The number of carbonyl (C=O) groups is 2. The first-order valence-electron chi connectivity index (χ1n) is 8.92. The van der Waals surface area contributed by atoms with Crippen LogP contribution in [0.4, 0.5) is 9.18 Å². The monoisotopic (exact) mass is 495 g/mol. The molecule has 0 aliphatic carbocycles. The van der Waals surface area contributed by atoms with E-state index in [1.165, 1.54) is 20.3 Å². The van der Waals surface area contributed by atoms with Gasteiger partial charge in [0.25, 0.3) is 11.1 Å². The zero-order valence-corrected chi connectivity index (χ0v) is 18.7. The van der Waals surface area contributed by atoms with Crippen molar-refractivity contribution in [1.29, 1.82) is 0 Å². The Morgan fingerprint density at radius 1 is 1.20 bits per heavy atom. The first kappa shape index (κ1) is 22.3. The van der Waals surface area contributed by atoms with Crippen molar-refractivity contribution in [2.45, 2.75) is 6.61 Å². The van der Waals surface area contributed by atoms with Gasteiger partial charge in [-0.05, 0) is 57.5 Å². The predicted molar refractivity (Wildman–Crippen MR) is 116 cm³/mol. The maximum absolute atomic E-state index is 13.8. The van der Waals surface area contributed by atoms with Crippen molar-refractivity contribution < 1.29 is 28.2 Å². The summed E-state index contributed by atoms with van der Waals surface area (Å²) in [7, 11) is 2.99. The van der Waals surface area contributed by atoms with Gasteiger partial charge in [-0.2, -0.15) is 0 Å². The molecule has 2 aromatic rings. The van der Waals surface area contributed by atoms with E-state index in [9.17, 15) is 14.0 Å². The van der Waals surface area contributed by atoms with Gasteiger partial charge < -0.3 is 14.2 Å². The van der Waals surface area contributed by atoms with Gasteiger partial charge in [-0.25, -0.2) is 4.39 Å². The molecule has 2 aromatic carbocycles. The van der Waals surface area contributed by atoms with Crippen LogP contribution in [0.1, 0.15) is 11.1 Å². The van der Waals surface area contributed by atoms with Crippen LogP contribution in [-0.4, -0.2) is 43.4 Å². The van der Waals surface area contributed by atoms with Crippen molar-refractivity contribution in [2.24, 2.45) is 0 Å². The molecule has 1 aliphatic heterocycles. The Bertz CT molecular complexity index is 997. The van der Waals surface area contributed by atoms with Gasteiger partial charge in [0.15, 0.2) is 11.5 Å². The number of rotatable bonds is 8. The first-order valence-corrected chi connectivity index (χ1v) is 10.5. The highest BCUT2D eigenvalue weighted by molar-refractivity contribution is 9.10. The van der Waals surface area contributed by atoms with Gasteiger partial charge in [-0.1, -0.05) is 18.2 Å². The Kier molecular flexibility index (Phi) is 7.52. The third-order valence-corrected chi connectivity index (χ3v) is 5.77. The summed E-state index contributed by atoms with van der Waals surface area (Å²) in [4.78, 5) is 26.0. The lowest BCUT2D eigenvalue weighted by molar-refractivity contribution is -0.123. The number of amides is 2. The number of carbonyl (C=O) groups excluding carboxylic acids is 2. The normalized spacial score (nSPS) is 15.2. The zero-order valence-electron chi connectivity index (χ0n) is 16.3. The summed E-state index contributed by atoms with van der Waals surface area (Å²) in [5, 5.41) is -0.334. The van der Waals surface area contributed by atoms with Crippen LogP contribution in [0.5, 0.6) is 11.5 Å². The van der Waals surface area contributed by atoms with E-state index >= 15 is 0 Å². The minimum absolute atomic E-state index is 0.0272. The molecule has 0 saturated carbocycles. The number of benzene rings is 2. The van der Waals surface area contributed by atoms with Crippen molar-refractivity contribution in [2.75, 3.05) is 27.4 Å². The van der Waals surface area contributed by atoms with E-state index in [2.05, 4.69) is 15.9 Å². The van der Waals surface area contributed by atoms with Gasteiger partial charge in [0, 0.05) is 12.7 Å². The van der Waals surface area contributed by atoms with Crippen molar-refractivity contribution in [3.63, 3.8) is 0 Å². The molecular weight excluding hydrogens is 477 g/mol. The topological polar surface area (TPSA) is 65.1 Å². The highest BCUT2D eigenvalue weighted by Gasteiger charge is 2.34. The SMILES string of the molecule is COCCN1C(=O)S/C(=C/c2cc(Br)c(OCc3ccccc3F)c(OC)c2)C1=O. The molecule has 6 nitrogen and oxygen atoms in total. The highest BCUT2D eigenvalue weighted by atomic mass is 79.9. The van der Waals surface area contributed by atoms with Crippen LogP contribution < -0.4 is 9.47 Å². The number of imide groups is 1. The number of thioether (sulfide) groups is 1. The molecule has 3 rings (SSSR count). The van der Waals surface area contributed by atoms with Crippen LogP contribution in [0.3, 0.4) is 0 Å². The molecule has 0 radical (unpaired) electrons. The minimum atomic E-state index is -0.364. The van der Waals surface area contributed by atoms with E-state index < -0.39 is 0 Å². The quantitative estimate of drug-likeness (QED) is 0.487. The Morgan fingerprint density at radius 3 is 2.67 bits per heavy atom. The fraction of sp³-hybridized carbons (Fsp3) is 0.238. The van der Waals surface area contributed by atoms with E-state index in [1.807, 2.05) is 0 Å². The summed E-state index contributed by atoms with van der Waals surface area (Å²) < 4.78 is 30.5. The standard InChI is InChI=1S/C21H19BrFNO5S/c1-27-8-7-24-20(25)18(30-21(24)26)11-13-9-15(22)19(17(10-13)28-2)29-12-14-5-3-4-6-16(14)23/h3-6,9-11H,7-8,12H2,1-2H3/b18-11+. The largest absolute Gasteiger partial charge is 0.493 e. The molecule has 1 heterocycles. The van der Waals surface area contributed by atoms with Crippen molar-refractivity contribution in [1.82, 2.24) is 4.90 Å². The van der Waals surface area contributed by atoms with E-state index in [0.29, 0.717) is 32.0 Å². The second kappa shape index (κ2) is 10.1. The summed E-state index contributed by atoms with van der Waals surface area (Å²) in [6.45, 7) is 0.506. The van der Waals surface area contributed by atoms with E-state index in [1.54, 1.807) is 36.4 Å². The summed E-state index contributed by atoms with van der Waals surface area (Å²) in [5.74, 6) is 0.0992. The van der Waals surface area contributed by atoms with Crippen LogP contribution in [0, 0.1) is 5.82 Å². The van der Waals surface area contributed by atoms with Crippen LogP contribution in [0.15, 0.2) is 45.8 Å². The Morgan fingerprint density at radius 2 is 1.97 bits per heavy atom. The third-order valence-electron chi connectivity index (χ3n) is 4.27. The second-order valence-corrected chi connectivity index (χ2v) is 8.09. The molecule has 0 spiro atoms. The van der Waals surface area contributed by atoms with Crippen LogP contribution >= 0.6 is 27.7 Å². The summed E-state index contributed by atoms with van der Waals surface area (Å²) in [5.41, 5.74) is 1.06. The lowest BCUT2D eigenvalue weighted by Crippen LogP contribution is -2.31. The average molecular weight is 496 g/mol. The molecule has 0 bridgehead atoms. The lowest BCUT2D eigenvalue weighted by atomic mass is 10.1. The summed E-state index contributed by atoms with van der Waals surface area (Å²) in [6.07, 6.45) is 1.62. The van der Waals surface area contributed by atoms with Gasteiger partial charge in [0.1, 0.15) is 12.4 Å². The molecule has 0 aromatic heterocycles. The van der Waals surface area contributed by atoms with Crippen LogP contribution in [-0.2, 0) is 16.1 Å². The fourth-order valence-electron chi connectivity index (χ4n) is 2.76. The Labute approximate surface area is 186 Å². The van der Waals surface area contributed by atoms with Crippen molar-refractivity contribution in [3.05, 3.63) is 62.7 Å². The molecular formula is C21H19BrFNO5S. The molecule has 1 aliphatic rings. The molecule has 0 N–H and O–H groups in total. The highest BCUT2D eigenvalue weighted by Crippen LogP contribution is 2.39.